The second-order valence-electron chi connectivity index (χ2n) is 9.03. The first-order valence-electron chi connectivity index (χ1n) is 10.1. The van der Waals surface area contributed by atoms with Gasteiger partial charge >= 0.3 is 7.12 Å². The van der Waals surface area contributed by atoms with Crippen molar-refractivity contribution in [3.8, 4) is 5.75 Å². The fraction of sp³-hybridized carbons (Fsp3) is 0.478. The van der Waals surface area contributed by atoms with Crippen LogP contribution in [0.2, 0.25) is 0 Å². The van der Waals surface area contributed by atoms with E-state index in [-0.39, 0.29) is 18.3 Å². The van der Waals surface area contributed by atoms with Crippen molar-refractivity contribution in [2.75, 3.05) is 12.1 Å². The van der Waals surface area contributed by atoms with Crippen LogP contribution in [0.4, 0.5) is 5.69 Å². The molecule has 0 unspecified atom stereocenters. The molecule has 1 aliphatic heterocycles. The molecule has 0 spiro atoms. The van der Waals surface area contributed by atoms with E-state index in [1.807, 2.05) is 19.2 Å². The van der Waals surface area contributed by atoms with Crippen LogP contribution in [-0.2, 0) is 15.9 Å². The van der Waals surface area contributed by atoms with Crippen molar-refractivity contribution in [1.82, 2.24) is 0 Å². The molecule has 29 heavy (non-hydrogen) atoms. The highest BCUT2D eigenvalue weighted by Gasteiger charge is 2.52. The Hall–Kier alpha value is -2.02. The van der Waals surface area contributed by atoms with E-state index < -0.39 is 0 Å². The number of aryl methyl sites for hydroxylation is 3. The summed E-state index contributed by atoms with van der Waals surface area (Å²) < 4.78 is 18.7. The first-order valence-corrected chi connectivity index (χ1v) is 10.1. The van der Waals surface area contributed by atoms with Gasteiger partial charge in [0.05, 0.1) is 16.9 Å². The molecule has 1 saturated heterocycles. The van der Waals surface area contributed by atoms with E-state index in [4.69, 9.17) is 19.9 Å². The molecule has 0 radical (unpaired) electrons. The summed E-state index contributed by atoms with van der Waals surface area (Å²) in [5, 5.41) is 1.63. The number of ether oxygens (including phenoxy) is 1. The van der Waals surface area contributed by atoms with Gasteiger partial charge in [-0.05, 0) is 82.8 Å². The minimum Gasteiger partial charge on any atom is -0.489 e. The van der Waals surface area contributed by atoms with Gasteiger partial charge in [-0.3, -0.25) is 0 Å². The van der Waals surface area contributed by atoms with Gasteiger partial charge < -0.3 is 19.1 Å². The van der Waals surface area contributed by atoms with E-state index in [1.165, 1.54) is 0 Å². The summed E-state index contributed by atoms with van der Waals surface area (Å²) in [6.07, 6.45) is 0. The fourth-order valence-electron chi connectivity index (χ4n) is 3.55. The highest BCUT2D eigenvalue weighted by atomic mass is 16.7. The lowest BCUT2D eigenvalue weighted by atomic mass is 9.75. The molecular weight excluding hydrogens is 363 g/mol. The molecule has 5 nitrogen and oxygen atoms in total. The van der Waals surface area contributed by atoms with Crippen LogP contribution < -0.4 is 21.1 Å². The van der Waals surface area contributed by atoms with Crippen molar-refractivity contribution in [3.63, 3.8) is 0 Å². The second-order valence-corrected chi connectivity index (χ2v) is 9.03. The Kier molecular flexibility index (Phi) is 5.74. The average Bonchev–Trinajstić information content (AvgIpc) is 2.83. The van der Waals surface area contributed by atoms with Crippen molar-refractivity contribution < 1.29 is 14.0 Å². The molecule has 2 aromatic carbocycles. The third-order valence-electron chi connectivity index (χ3n) is 6.21. The predicted octanol–water partition coefficient (Wildman–Crippen LogP) is 3.80. The van der Waals surface area contributed by atoms with E-state index in [0.29, 0.717) is 6.61 Å². The summed E-state index contributed by atoms with van der Waals surface area (Å²) in [4.78, 5) is 0. The van der Waals surface area contributed by atoms with E-state index in [2.05, 4.69) is 66.7 Å². The zero-order valence-corrected chi connectivity index (χ0v) is 18.9. The van der Waals surface area contributed by atoms with Gasteiger partial charge in [-0.2, -0.15) is 0 Å². The van der Waals surface area contributed by atoms with E-state index >= 15 is 0 Å². The van der Waals surface area contributed by atoms with E-state index in [1.54, 1.807) is 5.01 Å². The van der Waals surface area contributed by atoms with Crippen LogP contribution in [0, 0.1) is 20.8 Å². The van der Waals surface area contributed by atoms with Crippen molar-refractivity contribution >= 4 is 18.3 Å². The van der Waals surface area contributed by atoms with E-state index in [9.17, 15) is 0 Å². The largest absolute Gasteiger partial charge is 0.495 e. The van der Waals surface area contributed by atoms with Crippen molar-refractivity contribution in [1.29, 1.82) is 0 Å². The molecule has 0 bridgehead atoms. The highest BCUT2D eigenvalue weighted by molar-refractivity contribution is 6.62. The van der Waals surface area contributed by atoms with Crippen LogP contribution in [0.5, 0.6) is 5.75 Å². The Morgan fingerprint density at radius 2 is 1.59 bits per heavy atom. The summed E-state index contributed by atoms with van der Waals surface area (Å²) in [6.45, 7) is 14.9. The number of rotatable bonds is 5. The first-order chi connectivity index (χ1) is 13.4. The lowest BCUT2D eigenvalue weighted by Gasteiger charge is -2.32. The maximum absolute atomic E-state index is 6.23. The van der Waals surface area contributed by atoms with Crippen molar-refractivity contribution in [2.45, 2.75) is 66.3 Å². The number of nitrogens with zero attached hydrogens (tertiary/aromatic N) is 1. The van der Waals surface area contributed by atoms with Crippen LogP contribution in [0.25, 0.3) is 0 Å². The van der Waals surface area contributed by atoms with Gasteiger partial charge in [0, 0.05) is 12.6 Å². The Labute approximate surface area is 175 Å². The molecule has 0 saturated carbocycles. The third kappa shape index (κ3) is 4.15. The number of anilines is 1. The molecular formula is C23H33BN2O3. The molecule has 156 valence electrons. The van der Waals surface area contributed by atoms with Gasteiger partial charge in [0.2, 0.25) is 0 Å². The first kappa shape index (κ1) is 21.7. The van der Waals surface area contributed by atoms with Gasteiger partial charge in [0.25, 0.3) is 0 Å². The number of hydrogen-bond donors (Lipinski definition) is 1. The Morgan fingerprint density at radius 1 is 0.966 bits per heavy atom. The standard InChI is InChI=1S/C23H33BN2O3/c1-15-10-9-11-20(26(8)25)18(15)14-27-21-13-16(2)19(12-17(21)3)24-28-22(4,5)23(6,7)29-24/h9-13H,14,25H2,1-8H3. The third-order valence-corrected chi connectivity index (χ3v) is 6.21. The van der Waals surface area contributed by atoms with Crippen molar-refractivity contribution in [2.24, 2.45) is 5.84 Å². The molecule has 0 aliphatic carbocycles. The molecule has 0 amide bonds. The normalized spacial score (nSPS) is 17.5. The topological polar surface area (TPSA) is 57.0 Å². The molecule has 0 atom stereocenters. The Bertz CT molecular complexity index is 893. The van der Waals surface area contributed by atoms with Gasteiger partial charge in [0.15, 0.2) is 0 Å². The van der Waals surface area contributed by atoms with Crippen LogP contribution >= 0.6 is 0 Å². The number of nitrogens with two attached hydrogens (primary N) is 1. The van der Waals surface area contributed by atoms with Gasteiger partial charge in [-0.1, -0.05) is 18.2 Å². The summed E-state index contributed by atoms with van der Waals surface area (Å²) >= 11 is 0. The summed E-state index contributed by atoms with van der Waals surface area (Å²) in [5.74, 6) is 6.85. The molecule has 1 aliphatic rings. The SMILES string of the molecule is Cc1cc(B2OC(C)(C)C(C)(C)O2)c(C)cc1OCc1c(C)cccc1N(C)N. The lowest BCUT2D eigenvalue weighted by Crippen LogP contribution is -2.41. The number of hydrazine groups is 1. The zero-order valence-electron chi connectivity index (χ0n) is 18.9. The number of hydrogen-bond acceptors (Lipinski definition) is 5. The summed E-state index contributed by atoms with van der Waals surface area (Å²) in [5.41, 5.74) is 5.68. The van der Waals surface area contributed by atoms with Crippen LogP contribution in [0.1, 0.15) is 49.9 Å². The molecule has 1 heterocycles. The minimum atomic E-state index is -0.374. The van der Waals surface area contributed by atoms with Crippen LogP contribution in [0.3, 0.4) is 0 Å². The van der Waals surface area contributed by atoms with Gasteiger partial charge in [-0.25, -0.2) is 5.84 Å². The molecule has 3 rings (SSSR count). The molecule has 2 aromatic rings. The molecule has 6 heteroatoms. The zero-order chi connectivity index (χ0) is 21.6. The van der Waals surface area contributed by atoms with Crippen LogP contribution in [-0.4, -0.2) is 25.4 Å². The summed E-state index contributed by atoms with van der Waals surface area (Å²) in [6, 6.07) is 10.3. The minimum absolute atomic E-state index is 0.358. The maximum atomic E-state index is 6.23. The Balaban J connectivity index is 1.83. The average molecular weight is 396 g/mol. The second kappa shape index (κ2) is 7.67. The lowest BCUT2D eigenvalue weighted by molar-refractivity contribution is 0.00578. The Morgan fingerprint density at radius 3 is 2.17 bits per heavy atom. The molecule has 2 N–H and O–H groups in total. The van der Waals surface area contributed by atoms with Gasteiger partial charge in [0.1, 0.15) is 12.4 Å². The predicted molar refractivity (Wildman–Crippen MR) is 120 cm³/mol. The highest BCUT2D eigenvalue weighted by Crippen LogP contribution is 2.37. The number of benzene rings is 2. The smallest absolute Gasteiger partial charge is 0.489 e. The van der Waals surface area contributed by atoms with Gasteiger partial charge in [-0.15, -0.1) is 0 Å². The molecule has 1 fully saturated rings. The monoisotopic (exact) mass is 396 g/mol. The fourth-order valence-corrected chi connectivity index (χ4v) is 3.55. The summed E-state index contributed by atoms with van der Waals surface area (Å²) in [7, 11) is 1.47. The van der Waals surface area contributed by atoms with Crippen molar-refractivity contribution in [3.05, 3.63) is 52.6 Å². The quantitative estimate of drug-likeness (QED) is 0.473. The van der Waals surface area contributed by atoms with Crippen LogP contribution in [0.15, 0.2) is 30.3 Å². The maximum Gasteiger partial charge on any atom is 0.495 e. The molecule has 0 aromatic heterocycles. The van der Waals surface area contributed by atoms with E-state index in [0.717, 1.165) is 39.2 Å².